The number of ether oxygens (including phenoxy) is 1. The summed E-state index contributed by atoms with van der Waals surface area (Å²) >= 11 is 0. The smallest absolute Gasteiger partial charge is 0.275 e. The van der Waals surface area contributed by atoms with Crippen LogP contribution in [-0.4, -0.2) is 58.3 Å². The largest absolute Gasteiger partial charge is 0.493 e. The molecule has 30 heavy (non-hydrogen) atoms. The standard InChI is InChI=1S/C23H24N4O3/c1-25-22(28)19-5-3-2-4-18(19)21(24-25)23(29)27-11-9-26(10-12-27)15-16-6-7-20-17(14-16)8-13-30-20/h2-7,14H,8-13,15H2,1H3. The Morgan fingerprint density at radius 2 is 1.83 bits per heavy atom. The minimum absolute atomic E-state index is 0.115. The van der Waals surface area contributed by atoms with Gasteiger partial charge in [-0.3, -0.25) is 14.5 Å². The number of fused-ring (bicyclic) bond motifs is 2. The van der Waals surface area contributed by atoms with E-state index in [9.17, 15) is 9.59 Å². The summed E-state index contributed by atoms with van der Waals surface area (Å²) < 4.78 is 6.84. The van der Waals surface area contributed by atoms with Crippen molar-refractivity contribution in [3.05, 3.63) is 69.6 Å². The van der Waals surface area contributed by atoms with Crippen molar-refractivity contribution in [2.24, 2.45) is 7.05 Å². The van der Waals surface area contributed by atoms with Crippen molar-refractivity contribution in [3.63, 3.8) is 0 Å². The highest BCUT2D eigenvalue weighted by atomic mass is 16.5. The Kier molecular flexibility index (Phi) is 4.75. The zero-order valence-corrected chi connectivity index (χ0v) is 17.0. The molecule has 0 saturated carbocycles. The predicted octanol–water partition coefficient (Wildman–Crippen LogP) is 1.83. The molecule has 5 rings (SSSR count). The number of rotatable bonds is 3. The third kappa shape index (κ3) is 3.35. The Hall–Kier alpha value is -3.19. The monoisotopic (exact) mass is 404 g/mol. The first-order chi connectivity index (χ1) is 14.6. The van der Waals surface area contributed by atoms with Crippen molar-refractivity contribution in [1.29, 1.82) is 0 Å². The third-order valence-corrected chi connectivity index (χ3v) is 5.98. The van der Waals surface area contributed by atoms with Gasteiger partial charge in [-0.1, -0.05) is 30.3 Å². The molecule has 3 aromatic rings. The van der Waals surface area contributed by atoms with Gasteiger partial charge in [0.1, 0.15) is 5.75 Å². The fourth-order valence-electron chi connectivity index (χ4n) is 4.31. The number of benzene rings is 2. The fourth-order valence-corrected chi connectivity index (χ4v) is 4.31. The van der Waals surface area contributed by atoms with Gasteiger partial charge in [0, 0.05) is 51.6 Å². The highest BCUT2D eigenvalue weighted by Gasteiger charge is 2.25. The number of aromatic nitrogens is 2. The van der Waals surface area contributed by atoms with Crippen molar-refractivity contribution in [2.75, 3.05) is 32.8 Å². The highest BCUT2D eigenvalue weighted by Crippen LogP contribution is 2.26. The number of piperazine rings is 1. The summed E-state index contributed by atoms with van der Waals surface area (Å²) in [6, 6.07) is 13.6. The van der Waals surface area contributed by atoms with E-state index < -0.39 is 0 Å². The topological polar surface area (TPSA) is 67.7 Å². The summed E-state index contributed by atoms with van der Waals surface area (Å²) in [6.07, 6.45) is 0.978. The van der Waals surface area contributed by atoms with Gasteiger partial charge in [-0.2, -0.15) is 5.10 Å². The van der Waals surface area contributed by atoms with E-state index in [1.54, 1.807) is 19.2 Å². The van der Waals surface area contributed by atoms with Crippen LogP contribution < -0.4 is 10.3 Å². The van der Waals surface area contributed by atoms with E-state index in [-0.39, 0.29) is 11.5 Å². The summed E-state index contributed by atoms with van der Waals surface area (Å²) in [4.78, 5) is 29.7. The fraction of sp³-hybridized carbons (Fsp3) is 0.348. The third-order valence-electron chi connectivity index (χ3n) is 5.98. The van der Waals surface area contributed by atoms with E-state index in [4.69, 9.17) is 4.74 Å². The van der Waals surface area contributed by atoms with Crippen molar-refractivity contribution in [3.8, 4) is 5.75 Å². The van der Waals surface area contributed by atoms with Gasteiger partial charge in [-0.15, -0.1) is 0 Å². The van der Waals surface area contributed by atoms with Gasteiger partial charge >= 0.3 is 0 Å². The minimum atomic E-state index is -0.188. The molecule has 1 saturated heterocycles. The molecular weight excluding hydrogens is 380 g/mol. The average Bonchev–Trinajstić information content (AvgIpc) is 3.24. The quantitative estimate of drug-likeness (QED) is 0.666. The molecule has 2 aliphatic rings. The van der Waals surface area contributed by atoms with Gasteiger partial charge < -0.3 is 9.64 Å². The number of aryl methyl sites for hydroxylation is 1. The van der Waals surface area contributed by atoms with E-state index in [1.165, 1.54) is 15.8 Å². The lowest BCUT2D eigenvalue weighted by molar-refractivity contribution is 0.0622. The molecule has 0 bridgehead atoms. The molecular formula is C23H24N4O3. The second-order valence-electron chi connectivity index (χ2n) is 7.93. The van der Waals surface area contributed by atoms with Gasteiger partial charge in [0.2, 0.25) is 0 Å². The lowest BCUT2D eigenvalue weighted by Gasteiger charge is -2.34. The van der Waals surface area contributed by atoms with Crippen molar-refractivity contribution in [2.45, 2.75) is 13.0 Å². The van der Waals surface area contributed by atoms with Crippen LogP contribution in [0.2, 0.25) is 0 Å². The van der Waals surface area contributed by atoms with Gasteiger partial charge in [0.05, 0.1) is 12.0 Å². The molecule has 1 fully saturated rings. The lowest BCUT2D eigenvalue weighted by Crippen LogP contribution is -2.48. The zero-order chi connectivity index (χ0) is 20.7. The summed E-state index contributed by atoms with van der Waals surface area (Å²) in [5.74, 6) is 0.891. The lowest BCUT2D eigenvalue weighted by atomic mass is 10.1. The van der Waals surface area contributed by atoms with E-state index in [0.717, 1.165) is 38.4 Å². The van der Waals surface area contributed by atoms with Crippen LogP contribution in [0.25, 0.3) is 10.8 Å². The summed E-state index contributed by atoms with van der Waals surface area (Å²) in [5.41, 5.74) is 2.73. The molecule has 2 aliphatic heterocycles. The molecule has 7 heteroatoms. The van der Waals surface area contributed by atoms with Crippen LogP contribution in [0.3, 0.4) is 0 Å². The molecule has 0 atom stereocenters. The number of nitrogens with zero attached hydrogens (tertiary/aromatic N) is 4. The second kappa shape index (κ2) is 7.57. The normalized spacial score (nSPS) is 16.5. The average molecular weight is 404 g/mol. The molecule has 154 valence electrons. The first-order valence-corrected chi connectivity index (χ1v) is 10.3. The number of amides is 1. The van der Waals surface area contributed by atoms with E-state index >= 15 is 0 Å². The highest BCUT2D eigenvalue weighted by molar-refractivity contribution is 6.04. The summed E-state index contributed by atoms with van der Waals surface area (Å²) in [5, 5.41) is 5.43. The second-order valence-corrected chi connectivity index (χ2v) is 7.93. The Labute approximate surface area is 174 Å². The van der Waals surface area contributed by atoms with Crippen LogP contribution in [-0.2, 0) is 20.0 Å². The molecule has 7 nitrogen and oxygen atoms in total. The molecule has 1 aromatic heterocycles. The molecule has 0 radical (unpaired) electrons. The SMILES string of the molecule is Cn1nc(C(=O)N2CCN(Cc3ccc4c(c3)CCO4)CC2)c2ccccc2c1=O. The molecule has 0 N–H and O–H groups in total. The Balaban J connectivity index is 1.29. The first-order valence-electron chi connectivity index (χ1n) is 10.3. The maximum absolute atomic E-state index is 13.2. The van der Waals surface area contributed by atoms with E-state index in [2.05, 4.69) is 28.2 Å². The Bertz CT molecular complexity index is 1180. The maximum atomic E-state index is 13.2. The Morgan fingerprint density at radius 1 is 1.07 bits per heavy atom. The maximum Gasteiger partial charge on any atom is 0.275 e. The van der Waals surface area contributed by atoms with Crippen molar-refractivity contribution < 1.29 is 9.53 Å². The van der Waals surface area contributed by atoms with Crippen LogP contribution >= 0.6 is 0 Å². The van der Waals surface area contributed by atoms with E-state index in [1.807, 2.05) is 17.0 Å². The zero-order valence-electron chi connectivity index (χ0n) is 17.0. The van der Waals surface area contributed by atoms with E-state index in [0.29, 0.717) is 29.6 Å². The van der Waals surface area contributed by atoms with Crippen LogP contribution in [0.1, 0.15) is 21.6 Å². The number of carbonyl (C=O) groups excluding carboxylic acids is 1. The number of hydrogen-bond acceptors (Lipinski definition) is 5. The molecule has 1 amide bonds. The summed E-state index contributed by atoms with van der Waals surface area (Å²) in [7, 11) is 1.59. The molecule has 0 spiro atoms. The predicted molar refractivity (Wildman–Crippen MR) is 114 cm³/mol. The van der Waals surface area contributed by atoms with Gasteiger partial charge in [-0.25, -0.2) is 4.68 Å². The van der Waals surface area contributed by atoms with Gasteiger partial charge in [0.25, 0.3) is 11.5 Å². The molecule has 2 aromatic carbocycles. The Morgan fingerprint density at radius 3 is 2.63 bits per heavy atom. The van der Waals surface area contributed by atoms with Crippen molar-refractivity contribution in [1.82, 2.24) is 19.6 Å². The van der Waals surface area contributed by atoms with Crippen LogP contribution in [0.4, 0.5) is 0 Å². The minimum Gasteiger partial charge on any atom is -0.493 e. The number of hydrogen-bond donors (Lipinski definition) is 0. The summed E-state index contributed by atoms with van der Waals surface area (Å²) in [6.45, 7) is 4.55. The van der Waals surface area contributed by atoms with Crippen molar-refractivity contribution >= 4 is 16.7 Å². The molecule has 3 heterocycles. The molecule has 0 aliphatic carbocycles. The number of carbonyl (C=O) groups is 1. The van der Waals surface area contributed by atoms with Crippen LogP contribution in [0.5, 0.6) is 5.75 Å². The van der Waals surface area contributed by atoms with Crippen LogP contribution in [0.15, 0.2) is 47.3 Å². The van der Waals surface area contributed by atoms with Gasteiger partial charge in [-0.05, 0) is 23.3 Å². The first kappa shape index (κ1) is 18.8. The van der Waals surface area contributed by atoms with Crippen LogP contribution in [0, 0.1) is 0 Å². The van der Waals surface area contributed by atoms with Gasteiger partial charge in [0.15, 0.2) is 5.69 Å². The molecule has 0 unspecified atom stereocenters.